The number of rotatable bonds is 7. The van der Waals surface area contributed by atoms with Crippen molar-refractivity contribution in [3.63, 3.8) is 0 Å². The number of ether oxygens (including phenoxy) is 1. The molecule has 0 spiro atoms. The molecule has 0 atom stereocenters. The molecule has 2 heteroatoms. The van der Waals surface area contributed by atoms with Crippen molar-refractivity contribution in [2.75, 3.05) is 0 Å². The second-order valence-electron chi connectivity index (χ2n) is 7.67. The zero-order valence-corrected chi connectivity index (χ0v) is 15.7. The van der Waals surface area contributed by atoms with Gasteiger partial charge in [-0.3, -0.25) is 4.79 Å². The standard InChI is InChI=1S/C22H36O2/c1-3-5-7-9-19-10-14-20(15-11-19)22(23)24-21-16-12-18(13-17-21)8-6-4-2/h3,5-6,8,18-21H,4,7,9-17H2,1-2H3/b5-3+,8-6+/t18-,19-,20-,21-. The molecule has 0 aliphatic heterocycles. The van der Waals surface area contributed by atoms with Gasteiger partial charge in [0.15, 0.2) is 0 Å². The minimum Gasteiger partial charge on any atom is -0.462 e. The fourth-order valence-electron chi connectivity index (χ4n) is 4.17. The summed E-state index contributed by atoms with van der Waals surface area (Å²) in [5.74, 6) is 1.77. The minimum atomic E-state index is 0.0921. The second-order valence-corrected chi connectivity index (χ2v) is 7.67. The number of allylic oxidation sites excluding steroid dienone is 4. The lowest BCUT2D eigenvalue weighted by atomic mass is 9.80. The Bertz CT molecular complexity index is 408. The van der Waals surface area contributed by atoms with Crippen molar-refractivity contribution in [3.8, 4) is 0 Å². The summed E-state index contributed by atoms with van der Waals surface area (Å²) in [7, 11) is 0. The Morgan fingerprint density at radius 1 is 1.00 bits per heavy atom. The van der Waals surface area contributed by atoms with Gasteiger partial charge in [0.1, 0.15) is 6.10 Å². The lowest BCUT2D eigenvalue weighted by Crippen LogP contribution is -2.29. The van der Waals surface area contributed by atoms with Crippen LogP contribution in [0.25, 0.3) is 0 Å². The molecule has 0 aromatic heterocycles. The molecule has 2 fully saturated rings. The Labute approximate surface area is 148 Å². The molecule has 2 nitrogen and oxygen atoms in total. The van der Waals surface area contributed by atoms with Crippen LogP contribution in [0.3, 0.4) is 0 Å². The van der Waals surface area contributed by atoms with Gasteiger partial charge >= 0.3 is 5.97 Å². The van der Waals surface area contributed by atoms with Crippen LogP contribution in [0.2, 0.25) is 0 Å². The van der Waals surface area contributed by atoms with Gasteiger partial charge in [-0.05, 0) is 89.4 Å². The van der Waals surface area contributed by atoms with E-state index in [4.69, 9.17) is 4.74 Å². The summed E-state index contributed by atoms with van der Waals surface area (Å²) < 4.78 is 5.84. The molecule has 0 heterocycles. The fraction of sp³-hybridized carbons (Fsp3) is 0.773. The third kappa shape index (κ3) is 6.45. The van der Waals surface area contributed by atoms with Crippen LogP contribution >= 0.6 is 0 Å². The Hall–Kier alpha value is -1.05. The topological polar surface area (TPSA) is 26.3 Å². The summed E-state index contributed by atoms with van der Waals surface area (Å²) in [6.07, 6.45) is 21.7. The van der Waals surface area contributed by atoms with Gasteiger partial charge in [0.05, 0.1) is 5.92 Å². The van der Waals surface area contributed by atoms with E-state index < -0.39 is 0 Å². The number of hydrogen-bond donors (Lipinski definition) is 0. The van der Waals surface area contributed by atoms with Crippen molar-refractivity contribution in [3.05, 3.63) is 24.3 Å². The number of esters is 1. The molecule has 2 rings (SSSR count). The van der Waals surface area contributed by atoms with Crippen LogP contribution in [-0.2, 0) is 9.53 Å². The van der Waals surface area contributed by atoms with Crippen LogP contribution in [-0.4, -0.2) is 12.1 Å². The van der Waals surface area contributed by atoms with Crippen molar-refractivity contribution in [1.29, 1.82) is 0 Å². The van der Waals surface area contributed by atoms with E-state index in [9.17, 15) is 4.79 Å². The van der Waals surface area contributed by atoms with Gasteiger partial charge in [0.2, 0.25) is 0 Å². The average Bonchev–Trinajstić information content (AvgIpc) is 2.62. The monoisotopic (exact) mass is 332 g/mol. The highest BCUT2D eigenvalue weighted by Crippen LogP contribution is 2.34. The maximum Gasteiger partial charge on any atom is 0.309 e. The average molecular weight is 333 g/mol. The van der Waals surface area contributed by atoms with E-state index in [-0.39, 0.29) is 18.0 Å². The van der Waals surface area contributed by atoms with Crippen molar-refractivity contribution < 1.29 is 9.53 Å². The van der Waals surface area contributed by atoms with E-state index in [1.807, 2.05) is 0 Å². The van der Waals surface area contributed by atoms with Crippen LogP contribution < -0.4 is 0 Å². The van der Waals surface area contributed by atoms with Gasteiger partial charge in [-0.15, -0.1) is 0 Å². The lowest BCUT2D eigenvalue weighted by Gasteiger charge is -2.31. The van der Waals surface area contributed by atoms with Crippen molar-refractivity contribution >= 4 is 5.97 Å². The highest BCUT2D eigenvalue weighted by molar-refractivity contribution is 5.72. The maximum atomic E-state index is 12.4. The lowest BCUT2D eigenvalue weighted by molar-refractivity contribution is -0.157. The summed E-state index contributed by atoms with van der Waals surface area (Å²) >= 11 is 0. The van der Waals surface area contributed by atoms with E-state index in [0.717, 1.165) is 38.0 Å². The molecule has 136 valence electrons. The first-order valence-corrected chi connectivity index (χ1v) is 10.2. The van der Waals surface area contributed by atoms with Crippen LogP contribution in [0, 0.1) is 17.8 Å². The highest BCUT2D eigenvalue weighted by Gasteiger charge is 2.30. The SMILES string of the molecule is C/C=C/CC[C@H]1CC[C@H](C(=O)O[C@H]2CC[C@H](/C=C/CC)CC2)CC1. The van der Waals surface area contributed by atoms with E-state index in [0.29, 0.717) is 5.92 Å². The molecule has 2 saturated carbocycles. The molecule has 2 aliphatic rings. The van der Waals surface area contributed by atoms with Crippen LogP contribution in [0.1, 0.15) is 84.5 Å². The quantitative estimate of drug-likeness (QED) is 0.409. The molecule has 0 bridgehead atoms. The zero-order chi connectivity index (χ0) is 17.2. The normalized spacial score (nSPS) is 31.6. The number of hydrogen-bond acceptors (Lipinski definition) is 2. The second kappa shape index (κ2) is 10.7. The predicted molar refractivity (Wildman–Crippen MR) is 101 cm³/mol. The maximum absolute atomic E-state index is 12.4. The molecule has 0 aromatic rings. The summed E-state index contributed by atoms with van der Waals surface area (Å²) in [6.45, 7) is 4.26. The summed E-state index contributed by atoms with van der Waals surface area (Å²) in [5.41, 5.74) is 0. The zero-order valence-electron chi connectivity index (χ0n) is 15.7. The summed E-state index contributed by atoms with van der Waals surface area (Å²) in [4.78, 5) is 12.4. The van der Waals surface area contributed by atoms with Gasteiger partial charge in [-0.25, -0.2) is 0 Å². The van der Waals surface area contributed by atoms with Gasteiger partial charge in [-0.1, -0.05) is 31.2 Å². The molecule has 0 saturated heterocycles. The summed E-state index contributed by atoms with van der Waals surface area (Å²) in [6, 6.07) is 0. The fourth-order valence-corrected chi connectivity index (χ4v) is 4.17. The Morgan fingerprint density at radius 2 is 1.71 bits per heavy atom. The van der Waals surface area contributed by atoms with E-state index in [1.54, 1.807) is 0 Å². The van der Waals surface area contributed by atoms with E-state index in [2.05, 4.69) is 38.2 Å². The Morgan fingerprint density at radius 3 is 2.33 bits per heavy atom. The minimum absolute atomic E-state index is 0.0921. The molecule has 0 radical (unpaired) electrons. The Kier molecular flexibility index (Phi) is 8.63. The van der Waals surface area contributed by atoms with Crippen molar-refractivity contribution in [2.45, 2.75) is 90.6 Å². The van der Waals surface area contributed by atoms with Gasteiger partial charge in [0, 0.05) is 0 Å². The first-order valence-electron chi connectivity index (χ1n) is 10.2. The van der Waals surface area contributed by atoms with Gasteiger partial charge < -0.3 is 4.74 Å². The molecule has 0 amide bonds. The largest absolute Gasteiger partial charge is 0.462 e. The smallest absolute Gasteiger partial charge is 0.309 e. The van der Waals surface area contributed by atoms with Crippen LogP contribution in [0.4, 0.5) is 0 Å². The Balaban J connectivity index is 1.64. The van der Waals surface area contributed by atoms with E-state index in [1.165, 1.54) is 38.5 Å². The molecule has 0 N–H and O–H groups in total. The van der Waals surface area contributed by atoms with Crippen molar-refractivity contribution in [1.82, 2.24) is 0 Å². The predicted octanol–water partition coefficient (Wildman–Crippen LogP) is 6.22. The van der Waals surface area contributed by atoms with Gasteiger partial charge in [0.25, 0.3) is 0 Å². The van der Waals surface area contributed by atoms with Gasteiger partial charge in [-0.2, -0.15) is 0 Å². The van der Waals surface area contributed by atoms with Crippen molar-refractivity contribution in [2.24, 2.45) is 17.8 Å². The van der Waals surface area contributed by atoms with Crippen LogP contribution in [0.5, 0.6) is 0 Å². The molecule has 0 unspecified atom stereocenters. The third-order valence-corrected chi connectivity index (χ3v) is 5.80. The molecule has 24 heavy (non-hydrogen) atoms. The summed E-state index contributed by atoms with van der Waals surface area (Å²) in [5, 5.41) is 0. The first kappa shape index (κ1) is 19.3. The highest BCUT2D eigenvalue weighted by atomic mass is 16.5. The number of carbonyl (C=O) groups is 1. The molecular formula is C22H36O2. The molecule has 2 aliphatic carbocycles. The number of carbonyl (C=O) groups excluding carboxylic acids is 1. The van der Waals surface area contributed by atoms with E-state index >= 15 is 0 Å². The third-order valence-electron chi connectivity index (χ3n) is 5.80. The first-order chi connectivity index (χ1) is 11.7. The molecule has 0 aromatic carbocycles. The molecular weight excluding hydrogens is 296 g/mol. The van der Waals surface area contributed by atoms with Crippen LogP contribution in [0.15, 0.2) is 24.3 Å².